The average molecular weight is 562 g/mol. The number of hydrogen-bond donors (Lipinski definition) is 0. The number of fused-ring (bicyclic) bond motifs is 1. The number of carbonyl (C=O) groups excluding carboxylic acids is 2. The number of methoxy groups -OCH3 is 1. The standard InChI is InChI=1S/C26H18Cl2FNO6S/c1-33-20-6-5-14(7-21(20)34-12-16-17(27)3-2-4-19(16)29)8-24-25(31)30(26(32)37-24)11-15-9-22-23(10-18(15)28)36-13-35-22/h2-10H,11-13H2,1H3/b24-8-. The summed E-state index contributed by atoms with van der Waals surface area (Å²) in [5.41, 5.74) is 1.35. The molecule has 0 unspecified atom stereocenters. The molecule has 190 valence electrons. The Hall–Kier alpha value is -3.40. The Kier molecular flexibility index (Phi) is 7.19. The van der Waals surface area contributed by atoms with Crippen molar-refractivity contribution in [3.8, 4) is 23.0 Å². The summed E-state index contributed by atoms with van der Waals surface area (Å²) in [5, 5.41) is 0.176. The van der Waals surface area contributed by atoms with Crippen molar-refractivity contribution in [3.63, 3.8) is 0 Å². The topological polar surface area (TPSA) is 74.3 Å². The molecule has 1 fully saturated rings. The molecule has 0 atom stereocenters. The maximum Gasteiger partial charge on any atom is 0.293 e. The monoisotopic (exact) mass is 561 g/mol. The van der Waals surface area contributed by atoms with Crippen LogP contribution in [0.15, 0.2) is 53.4 Å². The highest BCUT2D eigenvalue weighted by molar-refractivity contribution is 8.18. The molecule has 0 bridgehead atoms. The Morgan fingerprint density at radius 1 is 1.05 bits per heavy atom. The molecule has 0 radical (unpaired) electrons. The number of carbonyl (C=O) groups is 2. The van der Waals surface area contributed by atoms with Crippen LogP contribution in [0.4, 0.5) is 9.18 Å². The van der Waals surface area contributed by atoms with Crippen LogP contribution in [-0.4, -0.2) is 29.9 Å². The number of amides is 2. The molecule has 2 heterocycles. The first-order valence-electron chi connectivity index (χ1n) is 10.9. The van der Waals surface area contributed by atoms with Gasteiger partial charge in [-0.1, -0.05) is 35.3 Å². The van der Waals surface area contributed by atoms with Crippen molar-refractivity contribution in [2.75, 3.05) is 13.9 Å². The van der Waals surface area contributed by atoms with Crippen molar-refractivity contribution < 1.29 is 32.9 Å². The minimum absolute atomic E-state index is 0.0160. The third-order valence-electron chi connectivity index (χ3n) is 5.66. The summed E-state index contributed by atoms with van der Waals surface area (Å²) in [6.45, 7) is -0.0592. The van der Waals surface area contributed by atoms with Crippen LogP contribution in [0.25, 0.3) is 6.08 Å². The van der Waals surface area contributed by atoms with Crippen LogP contribution in [0.2, 0.25) is 10.0 Å². The summed E-state index contributed by atoms with van der Waals surface area (Å²) < 4.78 is 36.0. The number of rotatable bonds is 7. The Bertz CT molecular complexity index is 1430. The van der Waals surface area contributed by atoms with E-state index in [0.29, 0.717) is 39.1 Å². The lowest BCUT2D eigenvalue weighted by molar-refractivity contribution is -0.123. The van der Waals surface area contributed by atoms with Gasteiger partial charge in [-0.15, -0.1) is 0 Å². The summed E-state index contributed by atoms with van der Waals surface area (Å²) in [7, 11) is 1.48. The predicted molar refractivity (Wildman–Crippen MR) is 138 cm³/mol. The molecule has 2 aliphatic rings. The molecular formula is C26H18Cl2FNO6S. The van der Waals surface area contributed by atoms with Crippen molar-refractivity contribution in [2.24, 2.45) is 0 Å². The van der Waals surface area contributed by atoms with Gasteiger partial charge in [-0.05, 0) is 59.3 Å². The maximum absolute atomic E-state index is 14.1. The molecule has 3 aromatic rings. The average Bonchev–Trinajstić information content (AvgIpc) is 3.43. The van der Waals surface area contributed by atoms with Crippen LogP contribution in [-0.2, 0) is 17.9 Å². The van der Waals surface area contributed by atoms with Crippen molar-refractivity contribution in [2.45, 2.75) is 13.2 Å². The van der Waals surface area contributed by atoms with E-state index in [-0.39, 0.29) is 35.4 Å². The Morgan fingerprint density at radius 3 is 2.59 bits per heavy atom. The van der Waals surface area contributed by atoms with Crippen LogP contribution in [0.1, 0.15) is 16.7 Å². The zero-order valence-electron chi connectivity index (χ0n) is 19.3. The normalized spacial score (nSPS) is 15.6. The van der Waals surface area contributed by atoms with E-state index in [2.05, 4.69) is 0 Å². The van der Waals surface area contributed by atoms with Crippen molar-refractivity contribution in [1.82, 2.24) is 4.90 Å². The molecule has 0 saturated carbocycles. The maximum atomic E-state index is 14.1. The fourth-order valence-electron chi connectivity index (χ4n) is 3.75. The first kappa shape index (κ1) is 25.3. The van der Waals surface area contributed by atoms with Crippen LogP contribution in [0.3, 0.4) is 0 Å². The molecule has 0 N–H and O–H groups in total. The lowest BCUT2D eigenvalue weighted by atomic mass is 10.1. The fourth-order valence-corrected chi connectivity index (χ4v) is 5.02. The SMILES string of the molecule is COc1ccc(/C=C2\SC(=O)N(Cc3cc4c(cc3Cl)OCO4)C2=O)cc1OCc1c(F)cccc1Cl. The van der Waals surface area contributed by atoms with Gasteiger partial charge in [0.2, 0.25) is 6.79 Å². The Labute approximate surface area is 225 Å². The van der Waals surface area contributed by atoms with Crippen LogP contribution >= 0.6 is 35.0 Å². The van der Waals surface area contributed by atoms with E-state index in [1.54, 1.807) is 42.5 Å². The summed E-state index contributed by atoms with van der Waals surface area (Å²) in [6.07, 6.45) is 1.58. The van der Waals surface area contributed by atoms with Gasteiger partial charge >= 0.3 is 0 Å². The number of hydrogen-bond acceptors (Lipinski definition) is 7. The molecule has 3 aromatic carbocycles. The van der Waals surface area contributed by atoms with Gasteiger partial charge in [-0.25, -0.2) is 4.39 Å². The number of nitrogens with zero attached hydrogens (tertiary/aromatic N) is 1. The van der Waals surface area contributed by atoms with Crippen LogP contribution < -0.4 is 18.9 Å². The van der Waals surface area contributed by atoms with Crippen LogP contribution in [0, 0.1) is 5.82 Å². The Morgan fingerprint density at radius 2 is 1.84 bits per heavy atom. The molecule has 7 nitrogen and oxygen atoms in total. The molecule has 2 amide bonds. The first-order chi connectivity index (χ1) is 17.8. The van der Waals surface area contributed by atoms with E-state index < -0.39 is 17.0 Å². The molecule has 11 heteroatoms. The third kappa shape index (κ3) is 5.20. The minimum atomic E-state index is -0.487. The van der Waals surface area contributed by atoms with Gasteiger partial charge in [-0.3, -0.25) is 14.5 Å². The molecule has 0 aliphatic carbocycles. The summed E-state index contributed by atoms with van der Waals surface area (Å²) in [4.78, 5) is 27.1. The molecule has 37 heavy (non-hydrogen) atoms. The van der Waals surface area contributed by atoms with Gasteiger partial charge in [0, 0.05) is 16.7 Å². The second-order valence-electron chi connectivity index (χ2n) is 7.96. The Balaban J connectivity index is 1.35. The molecular weight excluding hydrogens is 544 g/mol. The van der Waals surface area contributed by atoms with Gasteiger partial charge in [-0.2, -0.15) is 0 Å². The van der Waals surface area contributed by atoms with Gasteiger partial charge in [0.1, 0.15) is 12.4 Å². The van der Waals surface area contributed by atoms with Gasteiger partial charge < -0.3 is 18.9 Å². The second kappa shape index (κ2) is 10.5. The first-order valence-corrected chi connectivity index (χ1v) is 12.5. The highest BCUT2D eigenvalue weighted by Crippen LogP contribution is 2.40. The van der Waals surface area contributed by atoms with E-state index >= 15 is 0 Å². The summed E-state index contributed by atoms with van der Waals surface area (Å²) in [5.74, 6) is 0.804. The van der Waals surface area contributed by atoms with Crippen molar-refractivity contribution in [1.29, 1.82) is 0 Å². The third-order valence-corrected chi connectivity index (χ3v) is 7.28. The molecule has 2 aliphatic heterocycles. The number of thioether (sulfide) groups is 1. The van der Waals surface area contributed by atoms with E-state index in [0.717, 1.165) is 16.7 Å². The quantitative estimate of drug-likeness (QED) is 0.297. The summed E-state index contributed by atoms with van der Waals surface area (Å²) in [6, 6.07) is 12.6. The lowest BCUT2D eigenvalue weighted by Gasteiger charge is -2.14. The van der Waals surface area contributed by atoms with Gasteiger partial charge in [0.05, 0.1) is 23.6 Å². The lowest BCUT2D eigenvalue weighted by Crippen LogP contribution is -2.27. The highest BCUT2D eigenvalue weighted by atomic mass is 35.5. The molecule has 0 spiro atoms. The molecule has 5 rings (SSSR count). The van der Waals surface area contributed by atoms with Crippen molar-refractivity contribution in [3.05, 3.63) is 86.0 Å². The van der Waals surface area contributed by atoms with E-state index in [1.165, 1.54) is 19.2 Å². The second-order valence-corrected chi connectivity index (χ2v) is 9.77. The van der Waals surface area contributed by atoms with Crippen LogP contribution in [0.5, 0.6) is 23.0 Å². The van der Waals surface area contributed by atoms with Gasteiger partial charge in [0.15, 0.2) is 23.0 Å². The van der Waals surface area contributed by atoms with E-state index in [1.807, 2.05) is 0 Å². The minimum Gasteiger partial charge on any atom is -0.493 e. The largest absolute Gasteiger partial charge is 0.493 e. The summed E-state index contributed by atoms with van der Waals surface area (Å²) >= 11 is 13.2. The van der Waals surface area contributed by atoms with E-state index in [4.69, 9.17) is 42.1 Å². The number of halogens is 3. The predicted octanol–water partition coefficient (Wildman–Crippen LogP) is 6.69. The zero-order chi connectivity index (χ0) is 26.1. The molecule has 1 saturated heterocycles. The number of ether oxygens (including phenoxy) is 4. The van der Waals surface area contributed by atoms with Crippen molar-refractivity contribution >= 4 is 52.2 Å². The van der Waals surface area contributed by atoms with Gasteiger partial charge in [0.25, 0.3) is 11.1 Å². The highest BCUT2D eigenvalue weighted by Gasteiger charge is 2.35. The van der Waals surface area contributed by atoms with E-state index in [9.17, 15) is 14.0 Å². The smallest absolute Gasteiger partial charge is 0.293 e. The molecule has 0 aromatic heterocycles. The zero-order valence-corrected chi connectivity index (χ0v) is 21.6. The number of benzene rings is 3. The fraction of sp³-hybridized carbons (Fsp3) is 0.154. The number of imide groups is 1.